The van der Waals surface area contributed by atoms with Crippen molar-refractivity contribution >= 4 is 33.1 Å². The molecule has 130 valence electrons. The molecule has 0 aliphatic carbocycles. The molecular formula is C18H18N2O4S. The van der Waals surface area contributed by atoms with Gasteiger partial charge in [-0.2, -0.15) is 0 Å². The van der Waals surface area contributed by atoms with E-state index in [9.17, 15) is 9.59 Å². The van der Waals surface area contributed by atoms with Crippen molar-refractivity contribution in [3.8, 4) is 11.5 Å². The Morgan fingerprint density at radius 2 is 1.88 bits per heavy atom. The van der Waals surface area contributed by atoms with Crippen molar-refractivity contribution in [1.29, 1.82) is 0 Å². The number of ether oxygens (including phenoxy) is 2. The van der Waals surface area contributed by atoms with E-state index in [1.54, 1.807) is 35.9 Å². The van der Waals surface area contributed by atoms with Crippen LogP contribution in [0.3, 0.4) is 0 Å². The molecule has 0 bridgehead atoms. The lowest BCUT2D eigenvalue weighted by Gasteiger charge is -2.10. The first kappa shape index (κ1) is 17.0. The molecular weight excluding hydrogens is 340 g/mol. The number of carbonyl (C=O) groups is 1. The van der Waals surface area contributed by atoms with Gasteiger partial charge in [-0.15, -0.1) is 0 Å². The number of fused-ring (bicyclic) bond motifs is 1. The minimum absolute atomic E-state index is 0.000803. The van der Waals surface area contributed by atoms with Crippen LogP contribution in [0.5, 0.6) is 11.5 Å². The van der Waals surface area contributed by atoms with Gasteiger partial charge >= 0.3 is 4.87 Å². The molecule has 1 N–H and O–H groups in total. The number of thiazole rings is 1. The number of rotatable bonds is 5. The third-order valence-corrected chi connectivity index (χ3v) is 4.83. The Labute approximate surface area is 148 Å². The lowest BCUT2D eigenvalue weighted by molar-refractivity contribution is 0.102. The van der Waals surface area contributed by atoms with Crippen LogP contribution in [0, 0.1) is 0 Å². The molecule has 0 saturated carbocycles. The molecule has 2 aromatic carbocycles. The Hall–Kier alpha value is -2.80. The Balaban J connectivity index is 1.88. The van der Waals surface area contributed by atoms with E-state index in [2.05, 4.69) is 5.32 Å². The molecule has 0 aliphatic rings. The lowest BCUT2D eigenvalue weighted by atomic mass is 10.2. The highest BCUT2D eigenvalue weighted by Gasteiger charge is 2.12. The third-order valence-electron chi connectivity index (χ3n) is 3.89. The first-order chi connectivity index (χ1) is 12.1. The maximum Gasteiger partial charge on any atom is 0.308 e. The summed E-state index contributed by atoms with van der Waals surface area (Å²) in [5, 5.41) is 2.85. The second-order valence-corrected chi connectivity index (χ2v) is 6.31. The largest absolute Gasteiger partial charge is 0.493 e. The normalized spacial score (nSPS) is 10.7. The van der Waals surface area contributed by atoms with E-state index in [0.29, 0.717) is 29.3 Å². The average Bonchev–Trinajstić information content (AvgIpc) is 2.95. The Kier molecular flexibility index (Phi) is 4.76. The summed E-state index contributed by atoms with van der Waals surface area (Å²) in [6.07, 6.45) is 0. The van der Waals surface area contributed by atoms with E-state index in [0.717, 1.165) is 10.2 Å². The van der Waals surface area contributed by atoms with E-state index in [-0.39, 0.29) is 10.8 Å². The van der Waals surface area contributed by atoms with Crippen molar-refractivity contribution in [1.82, 2.24) is 4.57 Å². The molecule has 0 atom stereocenters. The van der Waals surface area contributed by atoms with Crippen LogP contribution in [-0.2, 0) is 6.54 Å². The fraction of sp³-hybridized carbons (Fsp3) is 0.222. The maximum atomic E-state index is 12.5. The number of hydrogen-bond acceptors (Lipinski definition) is 5. The zero-order valence-corrected chi connectivity index (χ0v) is 15.0. The Morgan fingerprint density at radius 3 is 2.56 bits per heavy atom. The van der Waals surface area contributed by atoms with Crippen molar-refractivity contribution < 1.29 is 14.3 Å². The molecule has 6 nitrogen and oxygen atoms in total. The van der Waals surface area contributed by atoms with Gasteiger partial charge in [0.1, 0.15) is 0 Å². The van der Waals surface area contributed by atoms with E-state index in [1.807, 2.05) is 19.1 Å². The number of methoxy groups -OCH3 is 2. The molecule has 0 saturated heterocycles. The van der Waals surface area contributed by atoms with Crippen molar-refractivity contribution in [3.63, 3.8) is 0 Å². The molecule has 0 aliphatic heterocycles. The van der Waals surface area contributed by atoms with Gasteiger partial charge < -0.3 is 14.8 Å². The number of hydrogen-bond donors (Lipinski definition) is 1. The van der Waals surface area contributed by atoms with Gasteiger partial charge in [-0.25, -0.2) is 0 Å². The highest BCUT2D eigenvalue weighted by molar-refractivity contribution is 7.16. The Bertz CT molecular complexity index is 990. The number of anilines is 1. The molecule has 3 aromatic rings. The standard InChI is InChI=1S/C18H18N2O4S/c1-4-20-13-7-6-12(10-16(13)25-18(20)22)19-17(21)11-5-8-14(23-2)15(9-11)24-3/h5-10H,4H2,1-3H3,(H,19,21). The molecule has 1 amide bonds. The van der Waals surface area contributed by atoms with Crippen LogP contribution in [0.15, 0.2) is 41.2 Å². The SMILES string of the molecule is CCn1c(=O)sc2cc(NC(=O)c3ccc(OC)c(OC)c3)ccc21. The van der Waals surface area contributed by atoms with Gasteiger partial charge in [0, 0.05) is 17.8 Å². The highest BCUT2D eigenvalue weighted by atomic mass is 32.1. The average molecular weight is 358 g/mol. The first-order valence-corrected chi connectivity index (χ1v) is 8.55. The second kappa shape index (κ2) is 6.98. The van der Waals surface area contributed by atoms with Crippen molar-refractivity contribution in [3.05, 3.63) is 51.6 Å². The zero-order valence-electron chi connectivity index (χ0n) is 14.2. The molecule has 0 spiro atoms. The lowest BCUT2D eigenvalue weighted by Crippen LogP contribution is -2.12. The summed E-state index contributed by atoms with van der Waals surface area (Å²) >= 11 is 1.17. The fourth-order valence-electron chi connectivity index (χ4n) is 2.62. The van der Waals surface area contributed by atoms with Gasteiger partial charge in [0.05, 0.1) is 24.4 Å². The monoisotopic (exact) mass is 358 g/mol. The molecule has 1 aromatic heterocycles. The molecule has 3 rings (SSSR count). The van der Waals surface area contributed by atoms with Crippen molar-refractivity contribution in [2.75, 3.05) is 19.5 Å². The number of nitrogens with zero attached hydrogens (tertiary/aromatic N) is 1. The first-order valence-electron chi connectivity index (χ1n) is 7.74. The van der Waals surface area contributed by atoms with Gasteiger partial charge in [0.15, 0.2) is 11.5 Å². The number of amides is 1. The fourth-order valence-corrected chi connectivity index (χ4v) is 3.62. The van der Waals surface area contributed by atoms with Crippen LogP contribution in [0.25, 0.3) is 10.2 Å². The molecule has 7 heteroatoms. The summed E-state index contributed by atoms with van der Waals surface area (Å²) in [4.78, 5) is 24.4. The molecule has 0 radical (unpaired) electrons. The summed E-state index contributed by atoms with van der Waals surface area (Å²) in [5.74, 6) is 0.789. The summed E-state index contributed by atoms with van der Waals surface area (Å²) in [7, 11) is 3.06. The van der Waals surface area contributed by atoms with Crippen LogP contribution in [-0.4, -0.2) is 24.7 Å². The number of benzene rings is 2. The molecule has 0 fully saturated rings. The van der Waals surface area contributed by atoms with Crippen LogP contribution in [0.1, 0.15) is 17.3 Å². The number of aryl methyl sites for hydroxylation is 1. The van der Waals surface area contributed by atoms with Gasteiger partial charge in [0.25, 0.3) is 5.91 Å². The molecule has 25 heavy (non-hydrogen) atoms. The minimum atomic E-state index is -0.262. The van der Waals surface area contributed by atoms with Gasteiger partial charge in [-0.3, -0.25) is 14.2 Å². The van der Waals surface area contributed by atoms with Gasteiger partial charge in [0.2, 0.25) is 0 Å². The van der Waals surface area contributed by atoms with Crippen LogP contribution >= 0.6 is 11.3 Å². The van der Waals surface area contributed by atoms with E-state index in [4.69, 9.17) is 9.47 Å². The third kappa shape index (κ3) is 3.23. The maximum absolute atomic E-state index is 12.5. The molecule has 0 unspecified atom stereocenters. The summed E-state index contributed by atoms with van der Waals surface area (Å²) in [5.41, 5.74) is 1.97. The quantitative estimate of drug-likeness (QED) is 0.759. The van der Waals surface area contributed by atoms with Gasteiger partial charge in [-0.05, 0) is 43.3 Å². The Morgan fingerprint density at radius 1 is 1.12 bits per heavy atom. The van der Waals surface area contributed by atoms with Crippen molar-refractivity contribution in [2.45, 2.75) is 13.5 Å². The summed E-state index contributed by atoms with van der Waals surface area (Å²) < 4.78 is 12.9. The highest BCUT2D eigenvalue weighted by Crippen LogP contribution is 2.28. The van der Waals surface area contributed by atoms with E-state index >= 15 is 0 Å². The van der Waals surface area contributed by atoms with E-state index < -0.39 is 0 Å². The van der Waals surface area contributed by atoms with Crippen LogP contribution in [0.2, 0.25) is 0 Å². The minimum Gasteiger partial charge on any atom is -0.493 e. The van der Waals surface area contributed by atoms with E-state index in [1.165, 1.54) is 18.4 Å². The van der Waals surface area contributed by atoms with Crippen LogP contribution in [0.4, 0.5) is 5.69 Å². The number of nitrogens with one attached hydrogen (secondary N) is 1. The smallest absolute Gasteiger partial charge is 0.308 e. The van der Waals surface area contributed by atoms with Crippen LogP contribution < -0.4 is 19.7 Å². The topological polar surface area (TPSA) is 69.6 Å². The summed E-state index contributed by atoms with van der Waals surface area (Å²) in [6, 6.07) is 10.4. The number of aromatic nitrogens is 1. The number of carbonyl (C=O) groups excluding carboxylic acids is 1. The predicted octanol–water partition coefficient (Wildman–Crippen LogP) is 3.35. The zero-order chi connectivity index (χ0) is 18.0. The predicted molar refractivity (Wildman–Crippen MR) is 99.3 cm³/mol. The van der Waals surface area contributed by atoms with Gasteiger partial charge in [-0.1, -0.05) is 11.3 Å². The second-order valence-electron chi connectivity index (χ2n) is 5.32. The molecule has 1 heterocycles. The van der Waals surface area contributed by atoms with Crippen molar-refractivity contribution in [2.24, 2.45) is 0 Å². The summed E-state index contributed by atoms with van der Waals surface area (Å²) in [6.45, 7) is 2.55.